The van der Waals surface area contributed by atoms with Crippen LogP contribution < -0.4 is 0 Å². The van der Waals surface area contributed by atoms with Crippen LogP contribution >= 0.6 is 0 Å². The Morgan fingerprint density at radius 1 is 1.40 bits per heavy atom. The molecule has 0 aliphatic carbocycles. The van der Waals surface area contributed by atoms with E-state index < -0.39 is 11.0 Å². The van der Waals surface area contributed by atoms with Gasteiger partial charge < -0.3 is 13.0 Å². The van der Waals surface area contributed by atoms with Crippen molar-refractivity contribution in [2.45, 2.75) is 0 Å². The Bertz CT molecular complexity index is 55.3. The second-order valence-electron chi connectivity index (χ2n) is 0.217. The third-order valence-corrected chi connectivity index (χ3v) is 0. The van der Waals surface area contributed by atoms with Gasteiger partial charge in [-0.25, -0.2) is 0 Å². The molecule has 0 bridgehead atoms. The monoisotopic (exact) mass is 188 g/mol. The van der Waals surface area contributed by atoms with Crippen LogP contribution in [0.4, 0.5) is 0 Å². The Kier molecular flexibility index (Phi) is 8.53. The molecular weight excluding hydrogens is 188 g/mol. The minimum atomic E-state index is -2.86. The van der Waals surface area contributed by atoms with Crippen LogP contribution in [0, 0.1) is 0 Å². The average Bonchev–Trinajstić information content (AvgIpc) is 0.811. The quantitative estimate of drug-likeness (QED) is 0.247. The van der Waals surface area contributed by atoms with Crippen molar-refractivity contribution < 1.29 is 35.4 Å². The summed E-state index contributed by atoms with van der Waals surface area (Å²) in [5.74, 6) is 0. The van der Waals surface area contributed by atoms with E-state index in [2.05, 4.69) is 0 Å². The van der Waals surface area contributed by atoms with E-state index in [9.17, 15) is 0 Å². The van der Waals surface area contributed by atoms with Gasteiger partial charge in [-0.1, -0.05) is 0 Å². The van der Waals surface area contributed by atoms with Crippen molar-refractivity contribution in [1.29, 1.82) is 0 Å². The van der Waals surface area contributed by atoms with Crippen molar-refractivity contribution >= 4 is 11.0 Å². The van der Waals surface area contributed by atoms with Crippen LogP contribution in [0.15, 0.2) is 0 Å². The zero-order valence-corrected chi connectivity index (χ0v) is 4.27. The van der Waals surface area contributed by atoms with Gasteiger partial charge in [0, 0.05) is 11.0 Å². The smallest absolute Gasteiger partial charge is 0.439 e. The fourth-order valence-electron chi connectivity index (χ4n) is 0. The van der Waals surface area contributed by atoms with E-state index in [0.717, 1.165) is 0 Å². The molecule has 0 aromatic carbocycles. The van der Waals surface area contributed by atoms with E-state index in [1.54, 1.807) is 0 Å². The standard InChI is InChI=1S/Ag.HO3S/c;1-4(2)3/h;(H,1,2,3)/q+1;-1. The van der Waals surface area contributed by atoms with Gasteiger partial charge in [0.1, 0.15) is 0 Å². The first-order valence-corrected chi connectivity index (χ1v) is 1.55. The second kappa shape index (κ2) is 4.65. The van der Waals surface area contributed by atoms with Crippen LogP contribution in [-0.2, 0) is 41.8 Å². The Hall–Kier alpha value is 0.650. The fraction of sp³-hybridized carbons (Fsp3) is 0. The first-order valence-electron chi connectivity index (χ1n) is 0.516. The zero-order chi connectivity index (χ0) is 3.58. The van der Waals surface area contributed by atoms with Crippen LogP contribution in [0.1, 0.15) is 0 Å². The van der Waals surface area contributed by atoms with Gasteiger partial charge in [0.2, 0.25) is 0 Å². The molecule has 1 N–H and O–H groups in total. The first kappa shape index (κ1) is 9.17. The molecule has 0 rings (SSSR count). The average molecular weight is 189 g/mol. The second-order valence-corrected chi connectivity index (χ2v) is 0.651. The molecule has 0 spiro atoms. The van der Waals surface area contributed by atoms with Gasteiger partial charge in [0.05, 0.1) is 0 Å². The molecule has 0 radical (unpaired) electrons. The molecule has 0 atom stereocenters. The molecular formula is HAgO3S. The van der Waals surface area contributed by atoms with Crippen molar-refractivity contribution in [2.24, 2.45) is 0 Å². The van der Waals surface area contributed by atoms with Crippen molar-refractivity contribution in [2.75, 3.05) is 0 Å². The van der Waals surface area contributed by atoms with Crippen LogP contribution in [-0.4, -0.2) is 4.55 Å². The number of rotatable bonds is 0. The Morgan fingerprint density at radius 3 is 1.40 bits per heavy atom. The van der Waals surface area contributed by atoms with Gasteiger partial charge in [0.15, 0.2) is 0 Å². The van der Waals surface area contributed by atoms with Crippen molar-refractivity contribution in [1.82, 2.24) is 0 Å². The maximum atomic E-state index is 8.56. The summed E-state index contributed by atoms with van der Waals surface area (Å²) in [5.41, 5.74) is 0. The van der Waals surface area contributed by atoms with Gasteiger partial charge in [-0.3, -0.25) is 0 Å². The number of hydrogen-bond donors (Lipinski definition) is 1. The zero-order valence-electron chi connectivity index (χ0n) is 1.97. The molecule has 0 aliphatic heterocycles. The van der Waals surface area contributed by atoms with Crippen LogP contribution in [0.5, 0.6) is 0 Å². The summed E-state index contributed by atoms with van der Waals surface area (Å²) >= 11 is 0. The summed E-state index contributed by atoms with van der Waals surface area (Å²) in [4.78, 5) is 0. The molecule has 0 amide bonds. The Labute approximate surface area is 46.7 Å². The largest absolute Gasteiger partial charge is 1.00 e. The first-order chi connectivity index (χ1) is 1.73. The van der Waals surface area contributed by atoms with Gasteiger partial charge in [-0.15, -0.1) is 0 Å². The summed E-state index contributed by atoms with van der Waals surface area (Å²) in [6.45, 7) is 0. The molecule has 5 heteroatoms. The normalized spacial score (nSPS) is 6.80. The molecule has 0 fully saturated rings. The summed E-state index contributed by atoms with van der Waals surface area (Å²) in [5, 5.41) is 0. The molecule has 0 aliphatic rings. The fourth-order valence-corrected chi connectivity index (χ4v) is 0. The third-order valence-electron chi connectivity index (χ3n) is 0. The molecule has 0 saturated heterocycles. The summed E-state index contributed by atoms with van der Waals surface area (Å²) in [7, 11) is -2.86. The SMILES string of the molecule is O=[S-](=O)O.[Ag+]. The Balaban J connectivity index is 0. The molecule has 0 heterocycles. The van der Waals surface area contributed by atoms with Gasteiger partial charge in [0.25, 0.3) is 0 Å². The molecule has 3 nitrogen and oxygen atoms in total. The number of hydrogen-bond acceptors (Lipinski definition) is 3. The maximum Gasteiger partial charge on any atom is 1.00 e. The predicted octanol–water partition coefficient (Wildman–Crippen LogP) is -0.234. The van der Waals surface area contributed by atoms with E-state index in [4.69, 9.17) is 13.0 Å². The van der Waals surface area contributed by atoms with E-state index >= 15 is 0 Å². The molecule has 0 unspecified atom stereocenters. The van der Waals surface area contributed by atoms with Crippen LogP contribution in [0.25, 0.3) is 0 Å². The van der Waals surface area contributed by atoms with Crippen LogP contribution in [0.2, 0.25) is 0 Å². The maximum absolute atomic E-state index is 8.56. The minimum Gasteiger partial charge on any atom is -0.439 e. The topological polar surface area (TPSA) is 54.4 Å². The van der Waals surface area contributed by atoms with Crippen molar-refractivity contribution in [3.8, 4) is 0 Å². The van der Waals surface area contributed by atoms with Gasteiger partial charge in [-0.2, -0.15) is 0 Å². The summed E-state index contributed by atoms with van der Waals surface area (Å²) in [6, 6.07) is 0. The summed E-state index contributed by atoms with van der Waals surface area (Å²) < 4.78 is 24.1. The minimum absolute atomic E-state index is 0. The van der Waals surface area contributed by atoms with Crippen molar-refractivity contribution in [3.05, 3.63) is 0 Å². The third kappa shape index (κ3) is 77.2. The molecule has 0 aromatic rings. The predicted molar refractivity (Wildman–Crippen MR) is 11.4 cm³/mol. The van der Waals surface area contributed by atoms with E-state index in [1.807, 2.05) is 0 Å². The molecule has 5 heavy (non-hydrogen) atoms. The molecule has 0 aromatic heterocycles. The van der Waals surface area contributed by atoms with Gasteiger partial charge in [-0.05, 0) is 0 Å². The Morgan fingerprint density at radius 2 is 1.40 bits per heavy atom. The van der Waals surface area contributed by atoms with Crippen LogP contribution in [0.3, 0.4) is 0 Å². The van der Waals surface area contributed by atoms with Crippen molar-refractivity contribution in [3.63, 3.8) is 0 Å². The van der Waals surface area contributed by atoms with E-state index in [0.29, 0.717) is 0 Å². The molecule has 0 saturated carbocycles. The van der Waals surface area contributed by atoms with E-state index in [1.165, 1.54) is 0 Å². The summed E-state index contributed by atoms with van der Waals surface area (Å²) in [6.07, 6.45) is 0. The van der Waals surface area contributed by atoms with E-state index in [-0.39, 0.29) is 22.4 Å². The van der Waals surface area contributed by atoms with Gasteiger partial charge >= 0.3 is 22.4 Å². The molecule has 36 valence electrons.